The van der Waals surface area contributed by atoms with Crippen LogP contribution in [0.3, 0.4) is 0 Å². The normalized spacial score (nSPS) is 10.6. The largest absolute Gasteiger partial charge is 0.338 e. The molecule has 2 amide bonds. The lowest BCUT2D eigenvalue weighted by Gasteiger charge is -2.17. The van der Waals surface area contributed by atoms with Crippen LogP contribution in [0.5, 0.6) is 0 Å². The summed E-state index contributed by atoms with van der Waals surface area (Å²) >= 11 is 2.68. The highest BCUT2D eigenvalue weighted by Gasteiger charge is 2.23. The van der Waals surface area contributed by atoms with Crippen LogP contribution in [0.1, 0.15) is 39.5 Å². The lowest BCUT2D eigenvalue weighted by Crippen LogP contribution is -2.30. The smallest absolute Gasteiger partial charge is 0.264 e. The maximum atomic E-state index is 12.6. The van der Waals surface area contributed by atoms with Crippen molar-refractivity contribution in [2.24, 2.45) is 0 Å². The minimum atomic E-state index is -0.326. The number of nitrogens with one attached hydrogen (secondary N) is 1. The second kappa shape index (κ2) is 8.60. The molecule has 0 radical (unpaired) electrons. The first-order chi connectivity index (χ1) is 12.0. The molecule has 1 N–H and O–H groups in total. The predicted molar refractivity (Wildman–Crippen MR) is 103 cm³/mol. The van der Waals surface area contributed by atoms with E-state index in [4.69, 9.17) is 0 Å². The molecule has 0 spiro atoms. The fourth-order valence-corrected chi connectivity index (χ4v) is 4.04. The van der Waals surface area contributed by atoms with Crippen molar-refractivity contribution in [3.63, 3.8) is 0 Å². The van der Waals surface area contributed by atoms with Crippen molar-refractivity contribution >= 4 is 45.6 Å². The quantitative estimate of drug-likeness (QED) is 0.774. The molecule has 2 aromatic heterocycles. The number of carbonyl (C=O) groups excluding carboxylic acids is 2. The highest BCUT2D eigenvalue weighted by Crippen LogP contribution is 2.33. The van der Waals surface area contributed by atoms with Crippen LogP contribution in [0.4, 0.5) is 5.00 Å². The molecule has 0 saturated carbocycles. The monoisotopic (exact) mass is 373 g/mol. The zero-order chi connectivity index (χ0) is 18.4. The molecule has 2 heterocycles. The first-order valence-corrected chi connectivity index (χ1v) is 9.56. The standard InChI is InChI=1S/C18H19N3O2S2/c1-4-21(5-2)18(23)16-12(3)14(11-19)17(25-16)20-15(22)9-8-13-7-6-10-24-13/h6-10H,4-5H2,1-3H3,(H,20,22)/b9-8+. The van der Waals surface area contributed by atoms with E-state index in [0.29, 0.717) is 34.1 Å². The van der Waals surface area contributed by atoms with Crippen molar-refractivity contribution in [1.29, 1.82) is 5.26 Å². The second-order valence-electron chi connectivity index (χ2n) is 5.19. The molecule has 5 nitrogen and oxygen atoms in total. The third kappa shape index (κ3) is 4.35. The molecule has 0 atom stereocenters. The Hall–Kier alpha value is -2.43. The fourth-order valence-electron chi connectivity index (χ4n) is 2.29. The third-order valence-corrected chi connectivity index (χ3v) is 5.72. The Labute approximate surface area is 155 Å². The van der Waals surface area contributed by atoms with Crippen molar-refractivity contribution < 1.29 is 9.59 Å². The van der Waals surface area contributed by atoms with Crippen molar-refractivity contribution in [3.8, 4) is 6.07 Å². The summed E-state index contributed by atoms with van der Waals surface area (Å²) in [6.45, 7) is 6.75. The van der Waals surface area contributed by atoms with Crippen LogP contribution in [-0.4, -0.2) is 29.8 Å². The molecular formula is C18H19N3O2S2. The highest BCUT2D eigenvalue weighted by molar-refractivity contribution is 7.18. The predicted octanol–water partition coefficient (Wildman–Crippen LogP) is 4.12. The number of hydrogen-bond acceptors (Lipinski definition) is 5. The zero-order valence-electron chi connectivity index (χ0n) is 14.3. The van der Waals surface area contributed by atoms with Gasteiger partial charge in [0.25, 0.3) is 5.91 Å². The summed E-state index contributed by atoms with van der Waals surface area (Å²) in [5.41, 5.74) is 0.959. The Balaban J connectivity index is 2.23. The minimum absolute atomic E-state index is 0.112. The number of amides is 2. The minimum Gasteiger partial charge on any atom is -0.338 e. The molecule has 0 aliphatic heterocycles. The van der Waals surface area contributed by atoms with Crippen LogP contribution in [0.2, 0.25) is 0 Å². The van der Waals surface area contributed by atoms with E-state index in [1.807, 2.05) is 31.4 Å². The van der Waals surface area contributed by atoms with E-state index in [9.17, 15) is 14.9 Å². The van der Waals surface area contributed by atoms with E-state index >= 15 is 0 Å². The summed E-state index contributed by atoms with van der Waals surface area (Å²) in [6.07, 6.45) is 3.14. The van der Waals surface area contributed by atoms with Gasteiger partial charge in [-0.05, 0) is 43.9 Å². The van der Waals surface area contributed by atoms with E-state index in [2.05, 4.69) is 11.4 Å². The molecule has 0 aromatic carbocycles. The molecule has 2 aromatic rings. The van der Waals surface area contributed by atoms with Crippen molar-refractivity contribution in [3.05, 3.63) is 44.5 Å². The van der Waals surface area contributed by atoms with Gasteiger partial charge < -0.3 is 10.2 Å². The van der Waals surface area contributed by atoms with Crippen LogP contribution in [-0.2, 0) is 4.79 Å². The maximum Gasteiger partial charge on any atom is 0.264 e. The number of nitrogens with zero attached hydrogens (tertiary/aromatic N) is 2. The maximum absolute atomic E-state index is 12.6. The highest BCUT2D eigenvalue weighted by atomic mass is 32.1. The molecule has 0 aliphatic carbocycles. The topological polar surface area (TPSA) is 73.2 Å². The number of nitriles is 1. The number of thiophene rings is 2. The fraction of sp³-hybridized carbons (Fsp3) is 0.278. The van der Waals surface area contributed by atoms with Gasteiger partial charge >= 0.3 is 0 Å². The Morgan fingerprint density at radius 2 is 2.08 bits per heavy atom. The Kier molecular flexibility index (Phi) is 6.51. The van der Waals surface area contributed by atoms with Crippen molar-refractivity contribution in [2.75, 3.05) is 18.4 Å². The molecule has 130 valence electrons. The molecule has 25 heavy (non-hydrogen) atoms. The van der Waals surface area contributed by atoms with Crippen molar-refractivity contribution in [2.45, 2.75) is 20.8 Å². The first-order valence-electron chi connectivity index (χ1n) is 7.87. The number of hydrogen-bond donors (Lipinski definition) is 1. The molecule has 0 unspecified atom stereocenters. The van der Waals surface area contributed by atoms with Crippen molar-refractivity contribution in [1.82, 2.24) is 4.90 Å². The molecule has 2 rings (SSSR count). The van der Waals surface area contributed by atoms with Crippen LogP contribution < -0.4 is 5.32 Å². The summed E-state index contributed by atoms with van der Waals surface area (Å²) in [7, 11) is 0. The van der Waals surface area contributed by atoms with Gasteiger partial charge in [-0.3, -0.25) is 9.59 Å². The Morgan fingerprint density at radius 3 is 2.64 bits per heavy atom. The number of anilines is 1. The van der Waals surface area contributed by atoms with Gasteiger partial charge in [-0.1, -0.05) is 6.07 Å². The number of carbonyl (C=O) groups is 2. The summed E-state index contributed by atoms with van der Waals surface area (Å²) in [5.74, 6) is -0.438. The summed E-state index contributed by atoms with van der Waals surface area (Å²) in [6, 6.07) is 5.91. The molecule has 7 heteroatoms. The van der Waals surface area contributed by atoms with Crippen LogP contribution in [0.25, 0.3) is 6.08 Å². The molecular weight excluding hydrogens is 354 g/mol. The second-order valence-corrected chi connectivity index (χ2v) is 7.19. The van der Waals surface area contributed by atoms with E-state index in [0.717, 1.165) is 16.2 Å². The molecule has 0 bridgehead atoms. The average Bonchev–Trinajstić information content (AvgIpc) is 3.22. The van der Waals surface area contributed by atoms with E-state index in [1.54, 1.807) is 17.9 Å². The van der Waals surface area contributed by atoms with Crippen LogP contribution in [0.15, 0.2) is 23.6 Å². The molecule has 0 saturated heterocycles. The van der Waals surface area contributed by atoms with Crippen LogP contribution >= 0.6 is 22.7 Å². The SMILES string of the molecule is CCN(CC)C(=O)c1sc(NC(=O)/C=C/c2cccs2)c(C#N)c1C. The molecule has 0 fully saturated rings. The van der Waals surface area contributed by atoms with E-state index in [1.165, 1.54) is 17.4 Å². The lowest BCUT2D eigenvalue weighted by molar-refractivity contribution is -0.111. The molecule has 0 aliphatic rings. The average molecular weight is 374 g/mol. The van der Waals surface area contributed by atoms with Crippen LogP contribution in [0, 0.1) is 18.3 Å². The van der Waals surface area contributed by atoms with Gasteiger partial charge in [-0.15, -0.1) is 22.7 Å². The van der Waals surface area contributed by atoms with Gasteiger partial charge in [0.05, 0.1) is 10.4 Å². The van der Waals surface area contributed by atoms with Gasteiger partial charge in [-0.2, -0.15) is 5.26 Å². The zero-order valence-corrected chi connectivity index (χ0v) is 16.0. The van der Waals surface area contributed by atoms with Gasteiger partial charge in [0.2, 0.25) is 5.91 Å². The van der Waals surface area contributed by atoms with Gasteiger partial charge in [0.1, 0.15) is 11.1 Å². The van der Waals surface area contributed by atoms with Gasteiger partial charge in [0, 0.05) is 24.0 Å². The summed E-state index contributed by atoms with van der Waals surface area (Å²) < 4.78 is 0. The van der Waals surface area contributed by atoms with Gasteiger partial charge in [-0.25, -0.2) is 0 Å². The van der Waals surface area contributed by atoms with E-state index in [-0.39, 0.29) is 11.8 Å². The number of rotatable bonds is 6. The lowest BCUT2D eigenvalue weighted by atomic mass is 10.1. The Bertz CT molecular complexity index is 825. The van der Waals surface area contributed by atoms with E-state index < -0.39 is 0 Å². The van der Waals surface area contributed by atoms with Gasteiger partial charge in [0.15, 0.2) is 0 Å². The Morgan fingerprint density at radius 1 is 1.36 bits per heavy atom. The first kappa shape index (κ1) is 18.9. The third-order valence-electron chi connectivity index (χ3n) is 3.68. The summed E-state index contributed by atoms with van der Waals surface area (Å²) in [5, 5.41) is 14.5. The summed E-state index contributed by atoms with van der Waals surface area (Å²) in [4.78, 5) is 27.9.